The van der Waals surface area contributed by atoms with Crippen LogP contribution in [-0.2, 0) is 0 Å². The minimum absolute atomic E-state index is 0.251. The number of aromatic nitrogens is 2. The molecule has 4 heteroatoms. The van der Waals surface area contributed by atoms with Gasteiger partial charge in [-0.25, -0.2) is 0 Å². The van der Waals surface area contributed by atoms with Crippen molar-refractivity contribution in [1.29, 1.82) is 0 Å². The second kappa shape index (κ2) is 9.92. The Morgan fingerprint density at radius 2 is 1.14 bits per heavy atom. The Balaban J connectivity index is 1.29. The van der Waals surface area contributed by atoms with E-state index in [-0.39, 0.29) is 6.04 Å². The average Bonchev–Trinajstić information content (AvgIpc) is 2.95. The van der Waals surface area contributed by atoms with E-state index in [0.717, 1.165) is 48.6 Å². The number of nitrogens with zero attached hydrogens (tertiary/aromatic N) is 4. The molecule has 0 bridgehead atoms. The highest BCUT2D eigenvalue weighted by atomic mass is 15.3. The van der Waals surface area contributed by atoms with Gasteiger partial charge in [-0.15, -0.1) is 10.2 Å². The van der Waals surface area contributed by atoms with E-state index in [1.54, 1.807) is 0 Å². The van der Waals surface area contributed by atoms with Gasteiger partial charge in [0.1, 0.15) is 5.69 Å². The molecule has 1 aliphatic rings. The zero-order chi connectivity index (χ0) is 24.3. The van der Waals surface area contributed by atoms with E-state index in [9.17, 15) is 0 Å². The number of fused-ring (bicyclic) bond motifs is 1. The number of hydrogen-bond donors (Lipinski definition) is 0. The van der Waals surface area contributed by atoms with Gasteiger partial charge in [-0.1, -0.05) is 115 Å². The molecule has 36 heavy (non-hydrogen) atoms. The van der Waals surface area contributed by atoms with Crippen LogP contribution in [0.4, 0.5) is 5.82 Å². The molecule has 2 heterocycles. The van der Waals surface area contributed by atoms with Gasteiger partial charge in [-0.3, -0.25) is 4.90 Å². The van der Waals surface area contributed by atoms with E-state index in [1.807, 2.05) is 0 Å². The van der Waals surface area contributed by atoms with Gasteiger partial charge >= 0.3 is 0 Å². The molecule has 0 spiro atoms. The van der Waals surface area contributed by atoms with Crippen molar-refractivity contribution in [2.75, 3.05) is 31.1 Å². The van der Waals surface area contributed by atoms with Crippen molar-refractivity contribution in [3.05, 3.63) is 126 Å². The highest BCUT2D eigenvalue weighted by Gasteiger charge is 2.28. The fourth-order valence-electron chi connectivity index (χ4n) is 5.32. The first-order chi connectivity index (χ1) is 17.8. The third-order valence-corrected chi connectivity index (χ3v) is 7.20. The number of rotatable bonds is 5. The Kier molecular flexibility index (Phi) is 6.18. The largest absolute Gasteiger partial charge is 0.352 e. The van der Waals surface area contributed by atoms with Crippen molar-refractivity contribution in [1.82, 2.24) is 15.1 Å². The standard InChI is InChI=1S/C32H30N4/c1-24-16-18-25(19-17-24)30-28-14-8-9-15-29(28)32(34-33-30)36-22-20-35(21-23-36)31(26-10-4-2-5-11-26)27-12-6-3-7-13-27/h2-19,31H,20-23H2,1H3. The fraction of sp³-hybridized carbons (Fsp3) is 0.188. The second-order valence-electron chi connectivity index (χ2n) is 9.53. The van der Waals surface area contributed by atoms with Crippen LogP contribution in [0, 0.1) is 6.92 Å². The van der Waals surface area contributed by atoms with Gasteiger partial charge in [0.05, 0.1) is 6.04 Å². The zero-order valence-corrected chi connectivity index (χ0v) is 20.6. The molecule has 4 aromatic carbocycles. The normalized spacial score (nSPS) is 14.4. The summed E-state index contributed by atoms with van der Waals surface area (Å²) in [5.41, 5.74) is 5.97. The van der Waals surface area contributed by atoms with E-state index < -0.39 is 0 Å². The number of benzene rings is 4. The summed E-state index contributed by atoms with van der Waals surface area (Å²) in [6, 6.07) is 39.0. The molecule has 178 valence electrons. The first-order valence-corrected chi connectivity index (χ1v) is 12.7. The summed E-state index contributed by atoms with van der Waals surface area (Å²) < 4.78 is 0. The first-order valence-electron chi connectivity index (χ1n) is 12.7. The minimum Gasteiger partial charge on any atom is -0.352 e. The van der Waals surface area contributed by atoms with E-state index >= 15 is 0 Å². The van der Waals surface area contributed by atoms with Crippen LogP contribution in [0.2, 0.25) is 0 Å². The summed E-state index contributed by atoms with van der Waals surface area (Å²) in [6.07, 6.45) is 0. The molecule has 0 unspecified atom stereocenters. The third kappa shape index (κ3) is 4.36. The maximum absolute atomic E-state index is 4.77. The molecule has 1 aromatic heterocycles. The van der Waals surface area contributed by atoms with E-state index in [0.29, 0.717) is 0 Å². The zero-order valence-electron chi connectivity index (χ0n) is 20.6. The van der Waals surface area contributed by atoms with Crippen molar-refractivity contribution < 1.29 is 0 Å². The summed E-state index contributed by atoms with van der Waals surface area (Å²) in [5, 5.41) is 11.8. The molecule has 0 atom stereocenters. The van der Waals surface area contributed by atoms with E-state index in [4.69, 9.17) is 10.2 Å². The SMILES string of the molecule is Cc1ccc(-c2nnc(N3CCN(C(c4ccccc4)c4ccccc4)CC3)c3ccccc23)cc1. The van der Waals surface area contributed by atoms with Gasteiger partial charge in [0.15, 0.2) is 5.82 Å². The van der Waals surface area contributed by atoms with Crippen LogP contribution in [0.15, 0.2) is 109 Å². The highest BCUT2D eigenvalue weighted by Crippen LogP contribution is 2.34. The van der Waals surface area contributed by atoms with Gasteiger partial charge in [-0.2, -0.15) is 0 Å². The highest BCUT2D eigenvalue weighted by molar-refractivity contribution is 6.00. The maximum atomic E-state index is 4.77. The molecule has 5 aromatic rings. The van der Waals surface area contributed by atoms with E-state index in [2.05, 4.69) is 126 Å². The Hall–Kier alpha value is -4.02. The van der Waals surface area contributed by atoms with Crippen LogP contribution in [0.25, 0.3) is 22.0 Å². The molecule has 0 N–H and O–H groups in total. The number of anilines is 1. The van der Waals surface area contributed by atoms with E-state index in [1.165, 1.54) is 22.1 Å². The predicted molar refractivity (Wildman–Crippen MR) is 148 cm³/mol. The molecule has 6 rings (SSSR count). The van der Waals surface area contributed by atoms with Crippen molar-refractivity contribution in [2.24, 2.45) is 0 Å². The molecular formula is C32H30N4. The lowest BCUT2D eigenvalue weighted by atomic mass is 9.96. The first kappa shape index (κ1) is 22.4. The van der Waals surface area contributed by atoms with Gasteiger partial charge in [0.25, 0.3) is 0 Å². The summed E-state index contributed by atoms with van der Waals surface area (Å²) in [5.74, 6) is 0.983. The molecule has 0 amide bonds. The van der Waals surface area contributed by atoms with Crippen LogP contribution in [-0.4, -0.2) is 41.3 Å². The molecule has 1 fully saturated rings. The quantitative estimate of drug-likeness (QED) is 0.293. The lowest BCUT2D eigenvalue weighted by Gasteiger charge is -2.40. The number of piperazine rings is 1. The maximum Gasteiger partial charge on any atom is 0.159 e. The number of aryl methyl sites for hydroxylation is 1. The Morgan fingerprint density at radius 1 is 0.583 bits per heavy atom. The topological polar surface area (TPSA) is 32.3 Å². The van der Waals surface area contributed by atoms with Crippen LogP contribution in [0.5, 0.6) is 0 Å². The molecule has 4 nitrogen and oxygen atoms in total. The molecule has 0 radical (unpaired) electrons. The second-order valence-corrected chi connectivity index (χ2v) is 9.53. The predicted octanol–water partition coefficient (Wildman–Crippen LogP) is 6.52. The van der Waals surface area contributed by atoms with Gasteiger partial charge in [-0.05, 0) is 18.1 Å². The summed E-state index contributed by atoms with van der Waals surface area (Å²) in [6.45, 7) is 5.86. The van der Waals surface area contributed by atoms with Crippen LogP contribution in [0.1, 0.15) is 22.7 Å². The molecule has 0 aliphatic carbocycles. The van der Waals surface area contributed by atoms with Crippen LogP contribution in [0.3, 0.4) is 0 Å². The number of hydrogen-bond acceptors (Lipinski definition) is 4. The Labute approximate surface area is 212 Å². The van der Waals surface area contributed by atoms with Crippen LogP contribution < -0.4 is 4.90 Å². The van der Waals surface area contributed by atoms with Crippen molar-refractivity contribution in [2.45, 2.75) is 13.0 Å². The van der Waals surface area contributed by atoms with Gasteiger partial charge in [0, 0.05) is 42.5 Å². The van der Waals surface area contributed by atoms with Crippen molar-refractivity contribution >= 4 is 16.6 Å². The minimum atomic E-state index is 0.251. The Bertz CT molecular complexity index is 1400. The summed E-state index contributed by atoms with van der Waals surface area (Å²) in [4.78, 5) is 5.00. The molecule has 1 aliphatic heterocycles. The van der Waals surface area contributed by atoms with Crippen molar-refractivity contribution in [3.63, 3.8) is 0 Å². The molecule has 0 saturated carbocycles. The van der Waals surface area contributed by atoms with Crippen LogP contribution >= 0.6 is 0 Å². The molecular weight excluding hydrogens is 440 g/mol. The Morgan fingerprint density at radius 3 is 1.75 bits per heavy atom. The lowest BCUT2D eigenvalue weighted by molar-refractivity contribution is 0.212. The lowest BCUT2D eigenvalue weighted by Crippen LogP contribution is -2.48. The van der Waals surface area contributed by atoms with Gasteiger partial charge in [0.2, 0.25) is 0 Å². The summed E-state index contributed by atoms with van der Waals surface area (Å²) >= 11 is 0. The van der Waals surface area contributed by atoms with Crippen molar-refractivity contribution in [3.8, 4) is 11.3 Å². The summed E-state index contributed by atoms with van der Waals surface area (Å²) in [7, 11) is 0. The fourth-order valence-corrected chi connectivity index (χ4v) is 5.32. The third-order valence-electron chi connectivity index (χ3n) is 7.20. The monoisotopic (exact) mass is 470 g/mol. The van der Waals surface area contributed by atoms with Gasteiger partial charge < -0.3 is 4.90 Å². The smallest absolute Gasteiger partial charge is 0.159 e. The average molecular weight is 471 g/mol. The molecule has 1 saturated heterocycles.